The molecule has 4 nitrogen and oxygen atoms in total. The summed E-state index contributed by atoms with van der Waals surface area (Å²) in [7, 11) is 3.01. The highest BCUT2D eigenvalue weighted by Gasteiger charge is 2.29. The van der Waals surface area contributed by atoms with Crippen molar-refractivity contribution >= 4 is 12.0 Å². The van der Waals surface area contributed by atoms with Crippen molar-refractivity contribution in [2.75, 3.05) is 14.2 Å². The zero-order valence-electron chi connectivity index (χ0n) is 25.3. The molecule has 0 radical (unpaired) electrons. The van der Waals surface area contributed by atoms with Crippen LogP contribution in [0.1, 0.15) is 56.6 Å². The van der Waals surface area contributed by atoms with E-state index >= 15 is 0 Å². The van der Waals surface area contributed by atoms with Gasteiger partial charge in [0.2, 0.25) is 0 Å². The van der Waals surface area contributed by atoms with Crippen molar-refractivity contribution in [1.82, 2.24) is 0 Å². The van der Waals surface area contributed by atoms with E-state index in [0.29, 0.717) is 29.0 Å². The highest BCUT2D eigenvalue weighted by atomic mass is 19.4. The minimum atomic E-state index is -4.41. The number of aryl methyl sites for hydroxylation is 2. The van der Waals surface area contributed by atoms with Crippen molar-refractivity contribution in [2.45, 2.75) is 45.1 Å². The molecule has 8 heteroatoms. The maximum absolute atomic E-state index is 14.3. The quantitative estimate of drug-likeness (QED) is 0.104. The summed E-state index contributed by atoms with van der Waals surface area (Å²) in [6, 6.07) is 24.6. The van der Waals surface area contributed by atoms with E-state index in [-0.39, 0.29) is 18.5 Å². The third kappa shape index (κ3) is 10.3. The van der Waals surface area contributed by atoms with Gasteiger partial charge in [0, 0.05) is 12.7 Å². The predicted octanol–water partition coefficient (Wildman–Crippen LogP) is 9.25. The van der Waals surface area contributed by atoms with Gasteiger partial charge in [-0.25, -0.2) is 9.18 Å². The summed E-state index contributed by atoms with van der Waals surface area (Å²) in [6.45, 7) is 0.589. The van der Waals surface area contributed by atoms with Gasteiger partial charge in [-0.15, -0.1) is 0 Å². The summed E-state index contributed by atoms with van der Waals surface area (Å²) >= 11 is 0. The summed E-state index contributed by atoms with van der Waals surface area (Å²) in [6.07, 6.45) is 2.75. The molecule has 0 aliphatic rings. The Labute approximate surface area is 261 Å². The van der Waals surface area contributed by atoms with Crippen LogP contribution < -0.4 is 4.74 Å². The van der Waals surface area contributed by atoms with Gasteiger partial charge in [-0.2, -0.15) is 13.2 Å². The molecule has 1 atom stereocenters. The average Bonchev–Trinajstić information content (AvgIpc) is 3.04. The molecule has 45 heavy (non-hydrogen) atoms. The number of halogens is 4. The molecular weight excluding hydrogens is 584 g/mol. The zero-order chi connectivity index (χ0) is 32.2. The molecule has 0 bridgehead atoms. The lowest BCUT2D eigenvalue weighted by Crippen LogP contribution is -2.05. The lowest BCUT2D eigenvalue weighted by molar-refractivity contribution is -0.137. The Morgan fingerprint density at radius 2 is 1.31 bits per heavy atom. The first-order valence-electron chi connectivity index (χ1n) is 14.7. The van der Waals surface area contributed by atoms with Crippen molar-refractivity contribution in [2.24, 2.45) is 5.92 Å². The molecule has 4 aromatic rings. The van der Waals surface area contributed by atoms with Crippen LogP contribution in [-0.4, -0.2) is 20.2 Å². The zero-order valence-corrected chi connectivity index (χ0v) is 25.3. The number of methoxy groups -OCH3 is 2. The van der Waals surface area contributed by atoms with Gasteiger partial charge >= 0.3 is 12.1 Å². The number of esters is 1. The molecule has 0 aliphatic heterocycles. The lowest BCUT2D eigenvalue weighted by Gasteiger charge is -2.15. The van der Waals surface area contributed by atoms with Gasteiger partial charge in [0.15, 0.2) is 0 Å². The summed E-state index contributed by atoms with van der Waals surface area (Å²) in [5.74, 6) is -0.242. The molecule has 0 amide bonds. The number of hydrogen-bond acceptors (Lipinski definition) is 4. The number of allylic oxidation sites excluding steroid dienone is 1. The molecule has 0 saturated carbocycles. The second-order valence-corrected chi connectivity index (χ2v) is 10.8. The maximum atomic E-state index is 14.3. The van der Waals surface area contributed by atoms with E-state index in [1.165, 1.54) is 43.0 Å². The van der Waals surface area contributed by atoms with Crippen LogP contribution in [0.15, 0.2) is 97.1 Å². The third-order valence-corrected chi connectivity index (χ3v) is 7.51. The van der Waals surface area contributed by atoms with Gasteiger partial charge in [0.05, 0.1) is 24.8 Å². The van der Waals surface area contributed by atoms with E-state index < -0.39 is 17.6 Å². The second-order valence-electron chi connectivity index (χ2n) is 10.8. The van der Waals surface area contributed by atoms with Crippen molar-refractivity contribution in [3.63, 3.8) is 0 Å². The fourth-order valence-electron chi connectivity index (χ4n) is 4.91. The normalized spacial score (nSPS) is 12.3. The van der Waals surface area contributed by atoms with Crippen LogP contribution >= 0.6 is 0 Å². The summed E-state index contributed by atoms with van der Waals surface area (Å²) in [5.41, 5.74) is 4.24. The number of ether oxygens (including phenoxy) is 3. The minimum absolute atomic E-state index is 0.0364. The average molecular weight is 621 g/mol. The fraction of sp³-hybridized carbons (Fsp3) is 0.270. The van der Waals surface area contributed by atoms with Gasteiger partial charge in [-0.05, 0) is 96.3 Å². The molecule has 0 saturated heterocycles. The van der Waals surface area contributed by atoms with Crippen molar-refractivity contribution in [3.8, 4) is 5.75 Å². The first-order chi connectivity index (χ1) is 21.6. The van der Waals surface area contributed by atoms with Gasteiger partial charge in [0.1, 0.15) is 18.2 Å². The van der Waals surface area contributed by atoms with Crippen LogP contribution in [0.2, 0.25) is 0 Å². The van der Waals surface area contributed by atoms with Crippen LogP contribution in [0.5, 0.6) is 5.75 Å². The Bertz CT molecular complexity index is 1540. The number of carbonyl (C=O) groups excluding carboxylic acids is 1. The maximum Gasteiger partial charge on any atom is 0.416 e. The Morgan fingerprint density at radius 3 is 1.89 bits per heavy atom. The molecular formula is C37H36F4O4. The smallest absolute Gasteiger partial charge is 0.416 e. The Hall–Kier alpha value is -4.43. The number of hydrogen-bond donors (Lipinski definition) is 0. The van der Waals surface area contributed by atoms with Crippen molar-refractivity contribution in [3.05, 3.63) is 142 Å². The van der Waals surface area contributed by atoms with Gasteiger partial charge < -0.3 is 14.2 Å². The summed E-state index contributed by atoms with van der Waals surface area (Å²) < 4.78 is 69.0. The summed E-state index contributed by atoms with van der Waals surface area (Å²) in [5, 5.41) is 0. The molecule has 4 rings (SSSR count). The largest absolute Gasteiger partial charge is 0.488 e. The standard InChI is InChI=1S/C37H36F4O4/c1-43-24-29-9-7-26(8-10-29)3-4-27(5-6-28-11-16-31(17-12-28)36(42)44-2)13-18-32-23-34(38)21-22-35(32)45-25-30-14-19-33(20-15-30)37(39,40)41/h7-23,27H,3-6,24-25H2,1-2H3/b18-13+. The summed E-state index contributed by atoms with van der Waals surface area (Å²) in [4.78, 5) is 11.8. The number of rotatable bonds is 14. The molecule has 0 aromatic heterocycles. The Kier molecular flexibility index (Phi) is 11.9. The first kappa shape index (κ1) is 33.5. The monoisotopic (exact) mass is 620 g/mol. The fourth-order valence-corrected chi connectivity index (χ4v) is 4.91. The number of carbonyl (C=O) groups is 1. The Morgan fingerprint density at radius 1 is 0.756 bits per heavy atom. The molecule has 0 N–H and O–H groups in total. The molecule has 1 unspecified atom stereocenters. The molecule has 0 fully saturated rings. The highest BCUT2D eigenvalue weighted by molar-refractivity contribution is 5.89. The number of benzene rings is 4. The van der Waals surface area contributed by atoms with E-state index in [4.69, 9.17) is 14.2 Å². The van der Waals surface area contributed by atoms with Crippen LogP contribution in [0.3, 0.4) is 0 Å². The van der Waals surface area contributed by atoms with E-state index in [1.807, 2.05) is 18.2 Å². The minimum Gasteiger partial charge on any atom is -0.488 e. The van der Waals surface area contributed by atoms with Gasteiger partial charge in [-0.1, -0.05) is 60.7 Å². The van der Waals surface area contributed by atoms with Crippen LogP contribution in [0.4, 0.5) is 17.6 Å². The van der Waals surface area contributed by atoms with Crippen LogP contribution in [0, 0.1) is 11.7 Å². The number of alkyl halides is 3. The van der Waals surface area contributed by atoms with Crippen molar-refractivity contribution in [1.29, 1.82) is 0 Å². The first-order valence-corrected chi connectivity index (χ1v) is 14.7. The molecule has 4 aromatic carbocycles. The van der Waals surface area contributed by atoms with Gasteiger partial charge in [-0.3, -0.25) is 0 Å². The van der Waals surface area contributed by atoms with Crippen molar-refractivity contribution < 1.29 is 36.6 Å². The van der Waals surface area contributed by atoms with E-state index in [9.17, 15) is 22.4 Å². The van der Waals surface area contributed by atoms with E-state index in [0.717, 1.165) is 48.9 Å². The van der Waals surface area contributed by atoms with E-state index in [1.54, 1.807) is 19.2 Å². The van der Waals surface area contributed by atoms with Crippen LogP contribution in [-0.2, 0) is 41.7 Å². The van der Waals surface area contributed by atoms with Gasteiger partial charge in [0.25, 0.3) is 0 Å². The van der Waals surface area contributed by atoms with Crippen LogP contribution in [0.25, 0.3) is 6.08 Å². The lowest BCUT2D eigenvalue weighted by atomic mass is 9.92. The van der Waals surface area contributed by atoms with E-state index in [2.05, 4.69) is 30.3 Å². The SMILES string of the molecule is COCc1ccc(CCC(/C=C/c2cc(F)ccc2OCc2ccc(C(F)(F)F)cc2)CCc2ccc(C(=O)OC)cc2)cc1. The molecule has 0 heterocycles. The third-order valence-electron chi connectivity index (χ3n) is 7.51. The predicted molar refractivity (Wildman–Crippen MR) is 166 cm³/mol. The topological polar surface area (TPSA) is 44.8 Å². The molecule has 0 aliphatic carbocycles. The Balaban J connectivity index is 1.48. The second kappa shape index (κ2) is 16.0. The molecule has 236 valence electrons. The molecule has 0 spiro atoms. The highest BCUT2D eigenvalue weighted by Crippen LogP contribution is 2.30.